The van der Waals surface area contributed by atoms with Gasteiger partial charge < -0.3 is 9.47 Å². The van der Waals surface area contributed by atoms with Gasteiger partial charge in [-0.25, -0.2) is 0 Å². The quantitative estimate of drug-likeness (QED) is 0.161. The molecule has 3 aliphatic rings. The maximum atomic E-state index is 2.57. The van der Waals surface area contributed by atoms with Gasteiger partial charge in [-0.05, 0) is 115 Å². The molecule has 0 amide bonds. The number of nitrogens with zero attached hydrogens (tertiary/aromatic N) is 2. The molecule has 70 heavy (non-hydrogen) atoms. The van der Waals surface area contributed by atoms with Crippen LogP contribution in [0.5, 0.6) is 0 Å². The lowest BCUT2D eigenvalue weighted by atomic mass is 9.65. The van der Waals surface area contributed by atoms with Crippen LogP contribution in [0.3, 0.4) is 0 Å². The minimum atomic E-state index is -0.591. The van der Waals surface area contributed by atoms with Crippen molar-refractivity contribution in [2.24, 2.45) is 0 Å². The fourth-order valence-corrected chi connectivity index (χ4v) is 13.2. The second-order valence-electron chi connectivity index (χ2n) is 19.1. The van der Waals surface area contributed by atoms with Gasteiger partial charge in [0.15, 0.2) is 0 Å². The summed E-state index contributed by atoms with van der Waals surface area (Å²) in [6.07, 6.45) is 0. The zero-order chi connectivity index (χ0) is 46.0. The third-order valence-electron chi connectivity index (χ3n) is 15.9. The third-order valence-corrected chi connectivity index (χ3v) is 15.9. The van der Waals surface area contributed by atoms with Gasteiger partial charge >= 0.3 is 0 Å². The van der Waals surface area contributed by atoms with Crippen molar-refractivity contribution in [3.63, 3.8) is 0 Å². The molecule has 326 valence electrons. The Morgan fingerprint density at radius 3 is 1.50 bits per heavy atom. The monoisotopic (exact) mass is 888 g/mol. The molecule has 0 N–H and O–H groups in total. The number of para-hydroxylation sites is 2. The summed E-state index contributed by atoms with van der Waals surface area (Å²) in [6.45, 7) is 0. The van der Waals surface area contributed by atoms with Crippen LogP contribution in [0.1, 0.15) is 44.5 Å². The minimum Gasteiger partial charge on any atom is -0.310 e. The number of benzene rings is 11. The molecule has 0 saturated carbocycles. The molecule has 2 heterocycles. The molecule has 2 nitrogen and oxygen atoms in total. The normalized spacial score (nSPS) is 13.9. The second-order valence-corrected chi connectivity index (χ2v) is 19.1. The molecule has 12 aromatic rings. The van der Waals surface area contributed by atoms with E-state index in [9.17, 15) is 0 Å². The smallest absolute Gasteiger partial charge is 0.0755 e. The largest absolute Gasteiger partial charge is 0.310 e. The fourth-order valence-electron chi connectivity index (χ4n) is 13.2. The van der Waals surface area contributed by atoms with Gasteiger partial charge in [-0.3, -0.25) is 0 Å². The van der Waals surface area contributed by atoms with E-state index in [1.807, 2.05) is 0 Å². The highest BCUT2D eigenvalue weighted by atomic mass is 15.1. The lowest BCUT2D eigenvalue weighted by Gasteiger charge is -2.40. The SMILES string of the molecule is c1ccc(-c2ccc(N(c3cc4c5c(c3)c3ccccc3n5-c3ccccc3C43c4ccccc4-c4ccccc43)c3cccc4c3-c3ccccc3C4(c3ccccc3)c3ccccc3)cc2)cc1. The summed E-state index contributed by atoms with van der Waals surface area (Å²) >= 11 is 0. The first kappa shape index (κ1) is 39.1. The first-order chi connectivity index (χ1) is 34.8. The molecule has 0 bridgehead atoms. The predicted molar refractivity (Wildman–Crippen MR) is 289 cm³/mol. The Labute approximate surface area is 407 Å². The average Bonchev–Trinajstić information content (AvgIpc) is 4.06. The molecule has 11 aromatic carbocycles. The van der Waals surface area contributed by atoms with Gasteiger partial charge in [-0.2, -0.15) is 0 Å². The third kappa shape index (κ3) is 5.07. The number of aromatic nitrogens is 1. The number of fused-ring (bicyclic) bond motifs is 15. The number of hydrogen-bond acceptors (Lipinski definition) is 1. The Bertz CT molecular complexity index is 3970. The van der Waals surface area contributed by atoms with Crippen molar-refractivity contribution >= 4 is 38.9 Å². The van der Waals surface area contributed by atoms with Gasteiger partial charge in [0.05, 0.1) is 33.2 Å². The summed E-state index contributed by atoms with van der Waals surface area (Å²) in [5.74, 6) is 0. The molecule has 1 aromatic heterocycles. The highest BCUT2D eigenvalue weighted by Crippen LogP contribution is 2.63. The van der Waals surface area contributed by atoms with Crippen molar-refractivity contribution in [2.75, 3.05) is 4.90 Å². The Hall–Kier alpha value is -8.98. The minimum absolute atomic E-state index is 0.554. The summed E-state index contributed by atoms with van der Waals surface area (Å²) in [6, 6.07) is 99.9. The predicted octanol–water partition coefficient (Wildman–Crippen LogP) is 17.0. The van der Waals surface area contributed by atoms with Crippen LogP contribution in [0.15, 0.2) is 267 Å². The van der Waals surface area contributed by atoms with Crippen LogP contribution in [0, 0.1) is 0 Å². The van der Waals surface area contributed by atoms with E-state index >= 15 is 0 Å². The van der Waals surface area contributed by atoms with Gasteiger partial charge in [-0.15, -0.1) is 0 Å². The first-order valence-corrected chi connectivity index (χ1v) is 24.4. The molecule has 0 radical (unpaired) electrons. The zero-order valence-electron chi connectivity index (χ0n) is 38.3. The lowest BCUT2D eigenvalue weighted by Crippen LogP contribution is -2.33. The Balaban J connectivity index is 1.09. The summed E-state index contributed by atoms with van der Waals surface area (Å²) in [5, 5.41) is 2.47. The van der Waals surface area contributed by atoms with Gasteiger partial charge in [0.1, 0.15) is 0 Å². The summed E-state index contributed by atoms with van der Waals surface area (Å²) in [5.41, 5.74) is 23.6. The molecule has 0 atom stereocenters. The van der Waals surface area contributed by atoms with Crippen LogP contribution in [-0.4, -0.2) is 4.57 Å². The Kier molecular flexibility index (Phi) is 8.24. The van der Waals surface area contributed by atoms with Crippen LogP contribution in [-0.2, 0) is 10.8 Å². The topological polar surface area (TPSA) is 8.17 Å². The van der Waals surface area contributed by atoms with E-state index in [0.29, 0.717) is 0 Å². The van der Waals surface area contributed by atoms with E-state index in [2.05, 4.69) is 276 Å². The van der Waals surface area contributed by atoms with Gasteiger partial charge in [0.25, 0.3) is 0 Å². The molecule has 2 heteroatoms. The van der Waals surface area contributed by atoms with Gasteiger partial charge in [0, 0.05) is 27.7 Å². The molecule has 15 rings (SSSR count). The van der Waals surface area contributed by atoms with Crippen molar-refractivity contribution in [2.45, 2.75) is 10.8 Å². The first-order valence-electron chi connectivity index (χ1n) is 24.4. The molecule has 0 fully saturated rings. The Morgan fingerprint density at radius 2 is 0.829 bits per heavy atom. The van der Waals surface area contributed by atoms with Crippen molar-refractivity contribution in [3.8, 4) is 39.1 Å². The maximum Gasteiger partial charge on any atom is 0.0755 e. The summed E-state index contributed by atoms with van der Waals surface area (Å²) < 4.78 is 2.55. The number of anilines is 3. The molecular formula is C68H44N2. The molecule has 1 spiro atoms. The molecule has 0 saturated heterocycles. The van der Waals surface area contributed by atoms with Gasteiger partial charge in [0.2, 0.25) is 0 Å². The lowest BCUT2D eigenvalue weighted by molar-refractivity contribution is 0.748. The van der Waals surface area contributed by atoms with E-state index in [4.69, 9.17) is 0 Å². The van der Waals surface area contributed by atoms with Crippen molar-refractivity contribution in [3.05, 3.63) is 311 Å². The van der Waals surface area contributed by atoms with E-state index < -0.39 is 10.8 Å². The van der Waals surface area contributed by atoms with E-state index in [1.54, 1.807) is 0 Å². The second kappa shape index (κ2) is 14.8. The summed E-state index contributed by atoms with van der Waals surface area (Å²) in [7, 11) is 0. The van der Waals surface area contributed by atoms with Crippen LogP contribution >= 0.6 is 0 Å². The van der Waals surface area contributed by atoms with E-state index in [-0.39, 0.29) is 0 Å². The number of hydrogen-bond donors (Lipinski definition) is 0. The average molecular weight is 889 g/mol. The van der Waals surface area contributed by atoms with Crippen LogP contribution in [0.2, 0.25) is 0 Å². The molecule has 0 unspecified atom stereocenters. The molecule has 2 aliphatic carbocycles. The highest BCUT2D eigenvalue weighted by molar-refractivity contribution is 6.14. The standard InChI is InChI=1S/C68H44N2/c1-4-21-45(22-5-1)46-39-41-49(42-40-46)69(64-38-20-35-60-65(64)54-30-12-16-33-58(54)67(60,47-23-6-2-7-24-47)48-25-8-3-9-26-48)50-43-55-53-29-13-18-36-62(53)70-63-37-19-17-34-59(63)68(61(44-50)66(55)70)56-31-14-10-27-51(56)52-28-11-15-32-57(52)68/h1-44H. The van der Waals surface area contributed by atoms with Crippen molar-refractivity contribution < 1.29 is 0 Å². The summed E-state index contributed by atoms with van der Waals surface area (Å²) in [4.78, 5) is 2.57. The molecular weight excluding hydrogens is 845 g/mol. The maximum absolute atomic E-state index is 2.57. The van der Waals surface area contributed by atoms with Crippen LogP contribution in [0.25, 0.3) is 60.9 Å². The fraction of sp³-hybridized carbons (Fsp3) is 0.0294. The van der Waals surface area contributed by atoms with Crippen molar-refractivity contribution in [1.82, 2.24) is 4.57 Å². The highest BCUT2D eigenvalue weighted by Gasteiger charge is 2.52. The van der Waals surface area contributed by atoms with Crippen LogP contribution < -0.4 is 4.90 Å². The van der Waals surface area contributed by atoms with Gasteiger partial charge in [-0.1, -0.05) is 224 Å². The van der Waals surface area contributed by atoms with E-state index in [1.165, 1.54) is 105 Å². The molecule has 1 aliphatic heterocycles. The van der Waals surface area contributed by atoms with E-state index in [0.717, 1.165) is 17.1 Å². The zero-order valence-corrected chi connectivity index (χ0v) is 38.3. The number of rotatable bonds is 6. The van der Waals surface area contributed by atoms with Crippen molar-refractivity contribution in [1.29, 1.82) is 0 Å². The Morgan fingerprint density at radius 1 is 0.314 bits per heavy atom. The van der Waals surface area contributed by atoms with Crippen LogP contribution in [0.4, 0.5) is 17.1 Å².